The Morgan fingerprint density at radius 3 is 2.77 bits per heavy atom. The average molecular weight is 373 g/mol. The Kier molecular flexibility index (Phi) is 4.19. The molecule has 13 heavy (non-hydrogen) atoms. The van der Waals surface area contributed by atoms with Gasteiger partial charge in [0.05, 0.1) is 5.33 Å². The zero-order valence-corrected chi connectivity index (χ0v) is 11.4. The molecule has 0 saturated carbocycles. The molecule has 0 atom stereocenters. The van der Waals surface area contributed by atoms with Crippen LogP contribution >= 0.6 is 50.1 Å². The van der Waals surface area contributed by atoms with Gasteiger partial charge in [0.15, 0.2) is 5.78 Å². The van der Waals surface area contributed by atoms with E-state index in [0.29, 0.717) is 10.4 Å². The molecule has 1 nitrogen and oxygen atoms in total. The summed E-state index contributed by atoms with van der Waals surface area (Å²) in [5.74, 6) is 0.0735. The maximum Gasteiger partial charge on any atom is 0.174 e. The highest BCUT2D eigenvalue weighted by molar-refractivity contribution is 14.1. The number of Topliss-reactive ketones (excluding diaryl/α,β-unsaturated/α-hetero) is 1. The van der Waals surface area contributed by atoms with Gasteiger partial charge < -0.3 is 0 Å². The minimum Gasteiger partial charge on any atom is -0.293 e. The molecule has 0 aliphatic carbocycles. The molecule has 4 heteroatoms. The summed E-state index contributed by atoms with van der Waals surface area (Å²) in [5.41, 5.74) is 1.59. The van der Waals surface area contributed by atoms with Crippen LogP contribution in [0, 0.1) is 10.5 Å². The zero-order chi connectivity index (χ0) is 10.0. The Morgan fingerprint density at radius 1 is 1.62 bits per heavy atom. The van der Waals surface area contributed by atoms with Crippen LogP contribution in [0.5, 0.6) is 0 Å². The van der Waals surface area contributed by atoms with Gasteiger partial charge in [-0.2, -0.15) is 0 Å². The molecule has 1 aromatic rings. The highest BCUT2D eigenvalue weighted by Crippen LogP contribution is 2.24. The topological polar surface area (TPSA) is 17.1 Å². The van der Waals surface area contributed by atoms with Crippen LogP contribution in [0.15, 0.2) is 12.1 Å². The molecule has 0 aliphatic heterocycles. The maximum absolute atomic E-state index is 11.5. The number of ketones is 1. The molecule has 0 heterocycles. The molecule has 0 N–H and O–H groups in total. The lowest BCUT2D eigenvalue weighted by Gasteiger charge is -2.07. The number of rotatable bonds is 2. The summed E-state index contributed by atoms with van der Waals surface area (Å²) >= 11 is 11.2. The fourth-order valence-electron chi connectivity index (χ4n) is 1.06. The second-order valence-electron chi connectivity index (χ2n) is 2.59. The van der Waals surface area contributed by atoms with E-state index in [4.69, 9.17) is 11.6 Å². The van der Waals surface area contributed by atoms with E-state index in [9.17, 15) is 4.79 Å². The summed E-state index contributed by atoms with van der Waals surface area (Å²) in [6, 6.07) is 3.66. The van der Waals surface area contributed by atoms with Crippen molar-refractivity contribution >= 4 is 55.9 Å². The van der Waals surface area contributed by atoms with E-state index in [1.807, 2.05) is 19.1 Å². The first-order valence-corrected chi connectivity index (χ1v) is 6.19. The summed E-state index contributed by atoms with van der Waals surface area (Å²) in [7, 11) is 0. The lowest BCUT2D eigenvalue weighted by Crippen LogP contribution is -2.05. The zero-order valence-electron chi connectivity index (χ0n) is 6.90. The highest BCUT2D eigenvalue weighted by atomic mass is 127. The number of benzene rings is 1. The van der Waals surface area contributed by atoms with Crippen molar-refractivity contribution in [2.45, 2.75) is 6.92 Å². The lowest BCUT2D eigenvalue weighted by atomic mass is 10.1. The first kappa shape index (κ1) is 11.5. The second kappa shape index (κ2) is 4.75. The monoisotopic (exact) mass is 372 g/mol. The lowest BCUT2D eigenvalue weighted by molar-refractivity contribution is 0.102. The molecule has 0 aliphatic rings. The predicted molar refractivity (Wildman–Crippen MR) is 67.0 cm³/mol. The van der Waals surface area contributed by atoms with E-state index in [1.54, 1.807) is 0 Å². The Bertz CT molecular complexity index is 352. The number of alkyl halides is 1. The van der Waals surface area contributed by atoms with Crippen LogP contribution in [0.2, 0.25) is 5.02 Å². The van der Waals surface area contributed by atoms with E-state index in [0.717, 1.165) is 14.7 Å². The molecule has 0 bridgehead atoms. The van der Waals surface area contributed by atoms with E-state index in [1.165, 1.54) is 0 Å². The van der Waals surface area contributed by atoms with Crippen LogP contribution in [-0.2, 0) is 0 Å². The summed E-state index contributed by atoms with van der Waals surface area (Å²) in [6.07, 6.45) is 0. The first-order chi connectivity index (χ1) is 6.07. The van der Waals surface area contributed by atoms with Crippen molar-refractivity contribution in [3.05, 3.63) is 31.9 Å². The van der Waals surface area contributed by atoms with Crippen molar-refractivity contribution in [3.8, 4) is 0 Å². The summed E-state index contributed by atoms with van der Waals surface area (Å²) in [6.45, 7) is 1.86. The fourth-order valence-corrected chi connectivity index (χ4v) is 2.39. The van der Waals surface area contributed by atoms with Crippen LogP contribution < -0.4 is 0 Å². The van der Waals surface area contributed by atoms with Crippen molar-refractivity contribution in [1.82, 2.24) is 0 Å². The Morgan fingerprint density at radius 2 is 2.23 bits per heavy atom. The highest BCUT2D eigenvalue weighted by Gasteiger charge is 2.13. The molecular formula is C9H7BrClIO. The minimum atomic E-state index is 0.0735. The quantitative estimate of drug-likeness (QED) is 0.437. The first-order valence-electron chi connectivity index (χ1n) is 3.61. The normalized spacial score (nSPS) is 10.2. The van der Waals surface area contributed by atoms with Gasteiger partial charge in [-0.15, -0.1) is 0 Å². The molecular weight excluding hydrogens is 366 g/mol. The molecule has 0 saturated heterocycles. The van der Waals surface area contributed by atoms with Crippen LogP contribution in [0.3, 0.4) is 0 Å². The van der Waals surface area contributed by atoms with Gasteiger partial charge in [-0.05, 0) is 47.2 Å². The standard InChI is InChI=1S/C9H7BrClIO/c1-5-6(11)2-3-7(12)9(5)8(13)4-10/h2-3H,4H2,1H3. The summed E-state index contributed by atoms with van der Waals surface area (Å²) in [5, 5.41) is 0.981. The Hall–Kier alpha value is 0.390. The minimum absolute atomic E-state index is 0.0735. The van der Waals surface area contributed by atoms with Gasteiger partial charge in [0.2, 0.25) is 0 Å². The smallest absolute Gasteiger partial charge is 0.174 e. The van der Waals surface area contributed by atoms with Gasteiger partial charge in [0, 0.05) is 14.2 Å². The van der Waals surface area contributed by atoms with Crippen molar-refractivity contribution in [2.24, 2.45) is 0 Å². The van der Waals surface area contributed by atoms with Crippen LogP contribution in [0.4, 0.5) is 0 Å². The van der Waals surface area contributed by atoms with Crippen LogP contribution in [-0.4, -0.2) is 11.1 Å². The van der Waals surface area contributed by atoms with Gasteiger partial charge in [0.1, 0.15) is 0 Å². The summed E-state index contributed by atoms with van der Waals surface area (Å²) in [4.78, 5) is 11.5. The number of hydrogen-bond acceptors (Lipinski definition) is 1. The molecule has 0 radical (unpaired) electrons. The van der Waals surface area contributed by atoms with E-state index in [-0.39, 0.29) is 5.78 Å². The Labute approximate surface area is 104 Å². The van der Waals surface area contributed by atoms with Gasteiger partial charge in [-0.1, -0.05) is 27.5 Å². The van der Waals surface area contributed by atoms with E-state index >= 15 is 0 Å². The molecule has 0 amide bonds. The molecule has 1 rings (SSSR count). The molecule has 0 spiro atoms. The van der Waals surface area contributed by atoms with Crippen molar-refractivity contribution < 1.29 is 4.79 Å². The molecule has 1 aromatic carbocycles. The van der Waals surface area contributed by atoms with Crippen molar-refractivity contribution in [2.75, 3.05) is 5.33 Å². The number of carbonyl (C=O) groups excluding carboxylic acids is 1. The molecule has 0 fully saturated rings. The van der Waals surface area contributed by atoms with Gasteiger partial charge in [-0.3, -0.25) is 4.79 Å². The molecule has 0 unspecified atom stereocenters. The van der Waals surface area contributed by atoms with Crippen molar-refractivity contribution in [1.29, 1.82) is 0 Å². The SMILES string of the molecule is Cc1c(Cl)ccc(I)c1C(=O)CBr. The average Bonchev–Trinajstić information content (AvgIpc) is 2.12. The van der Waals surface area contributed by atoms with Crippen LogP contribution in [0.1, 0.15) is 15.9 Å². The summed E-state index contributed by atoms with van der Waals surface area (Å²) < 4.78 is 0.948. The molecule has 0 aromatic heterocycles. The third kappa shape index (κ3) is 2.44. The van der Waals surface area contributed by atoms with Crippen LogP contribution in [0.25, 0.3) is 0 Å². The predicted octanol–water partition coefficient (Wildman–Crippen LogP) is 3.83. The molecule has 70 valence electrons. The Balaban J connectivity index is 3.33. The largest absolute Gasteiger partial charge is 0.293 e. The third-order valence-corrected chi connectivity index (χ3v) is 3.57. The van der Waals surface area contributed by atoms with E-state index in [2.05, 4.69) is 38.5 Å². The second-order valence-corrected chi connectivity index (χ2v) is 4.72. The van der Waals surface area contributed by atoms with Gasteiger partial charge in [-0.25, -0.2) is 0 Å². The fraction of sp³-hybridized carbons (Fsp3) is 0.222. The number of hydrogen-bond donors (Lipinski definition) is 0. The van der Waals surface area contributed by atoms with Crippen molar-refractivity contribution in [3.63, 3.8) is 0 Å². The third-order valence-electron chi connectivity index (χ3n) is 1.75. The van der Waals surface area contributed by atoms with Gasteiger partial charge >= 0.3 is 0 Å². The number of carbonyl (C=O) groups is 1. The number of halogens is 3. The van der Waals surface area contributed by atoms with E-state index < -0.39 is 0 Å². The maximum atomic E-state index is 11.5. The van der Waals surface area contributed by atoms with Gasteiger partial charge in [0.25, 0.3) is 0 Å².